The predicted molar refractivity (Wildman–Crippen MR) is 76.0 cm³/mol. The average molecular weight is 291 g/mol. The number of rotatable bonds is 2. The van der Waals surface area contributed by atoms with Gasteiger partial charge in [0.2, 0.25) is 0 Å². The van der Waals surface area contributed by atoms with Crippen molar-refractivity contribution in [2.45, 2.75) is 37.4 Å². The van der Waals surface area contributed by atoms with Gasteiger partial charge in [-0.1, -0.05) is 11.6 Å². The molecule has 2 fully saturated rings. The topological polar surface area (TPSA) is 58.4 Å². The Morgan fingerprint density at radius 1 is 1.45 bits per heavy atom. The highest BCUT2D eigenvalue weighted by Crippen LogP contribution is 2.28. The van der Waals surface area contributed by atoms with E-state index in [0.717, 1.165) is 18.4 Å². The molecule has 0 saturated carbocycles. The Labute approximate surface area is 121 Å². The minimum atomic E-state index is -0.129. The van der Waals surface area contributed by atoms with Crippen LogP contribution in [0.2, 0.25) is 5.15 Å². The first-order valence-electron chi connectivity index (χ1n) is 6.90. The largest absolute Gasteiger partial charge is 0.346 e. The van der Waals surface area contributed by atoms with Crippen LogP contribution in [0.5, 0.6) is 0 Å². The molecule has 2 aromatic heterocycles. The number of halogens is 1. The highest BCUT2D eigenvalue weighted by Gasteiger charge is 2.39. The normalized spacial score (nSPS) is 28.1. The van der Waals surface area contributed by atoms with Crippen molar-refractivity contribution < 1.29 is 4.79 Å². The molecule has 2 aliphatic heterocycles. The molecule has 2 saturated heterocycles. The van der Waals surface area contributed by atoms with Crippen LogP contribution in [0.3, 0.4) is 0 Å². The highest BCUT2D eigenvalue weighted by atomic mass is 35.5. The molecule has 4 heterocycles. The van der Waals surface area contributed by atoms with Gasteiger partial charge in [-0.05, 0) is 31.4 Å². The van der Waals surface area contributed by atoms with E-state index in [0.29, 0.717) is 22.9 Å². The van der Waals surface area contributed by atoms with Gasteiger partial charge in [0.25, 0.3) is 5.91 Å². The van der Waals surface area contributed by atoms with Crippen LogP contribution in [0.15, 0.2) is 24.5 Å². The van der Waals surface area contributed by atoms with Crippen LogP contribution in [0.4, 0.5) is 0 Å². The summed E-state index contributed by atoms with van der Waals surface area (Å²) in [6.07, 6.45) is 6.74. The molecule has 4 rings (SSSR count). The van der Waals surface area contributed by atoms with Crippen LogP contribution >= 0.6 is 11.6 Å². The van der Waals surface area contributed by atoms with E-state index in [-0.39, 0.29) is 11.9 Å². The molecule has 2 aliphatic rings. The SMILES string of the molecule is O=C(N[C@@H]1C[C@H]2CC[C@@H]1N2)c1cn2c(Cl)ccc2cn1. The summed E-state index contributed by atoms with van der Waals surface area (Å²) in [4.78, 5) is 16.5. The quantitative estimate of drug-likeness (QED) is 0.883. The van der Waals surface area contributed by atoms with Crippen LogP contribution in [0, 0.1) is 0 Å². The van der Waals surface area contributed by atoms with Gasteiger partial charge in [-0.2, -0.15) is 0 Å². The van der Waals surface area contributed by atoms with Crippen LogP contribution in [-0.4, -0.2) is 33.4 Å². The summed E-state index contributed by atoms with van der Waals surface area (Å²) in [6, 6.07) is 4.87. The first-order valence-corrected chi connectivity index (χ1v) is 7.28. The Bertz CT molecular complexity index is 683. The Balaban J connectivity index is 1.56. The van der Waals surface area contributed by atoms with E-state index in [9.17, 15) is 4.79 Å². The summed E-state index contributed by atoms with van der Waals surface area (Å²) in [7, 11) is 0. The van der Waals surface area contributed by atoms with Crippen LogP contribution in [0.1, 0.15) is 29.8 Å². The fraction of sp³-hybridized carbons (Fsp3) is 0.429. The average Bonchev–Trinajstić information content (AvgIpc) is 3.15. The van der Waals surface area contributed by atoms with Crippen LogP contribution in [-0.2, 0) is 0 Å². The first kappa shape index (κ1) is 12.2. The van der Waals surface area contributed by atoms with Gasteiger partial charge >= 0.3 is 0 Å². The van der Waals surface area contributed by atoms with E-state index in [1.54, 1.807) is 22.9 Å². The summed E-state index contributed by atoms with van der Waals surface area (Å²) in [5.41, 5.74) is 1.28. The zero-order valence-corrected chi connectivity index (χ0v) is 11.6. The van der Waals surface area contributed by atoms with Crippen molar-refractivity contribution >= 4 is 23.0 Å². The van der Waals surface area contributed by atoms with Crippen molar-refractivity contribution in [3.63, 3.8) is 0 Å². The van der Waals surface area contributed by atoms with Gasteiger partial charge < -0.3 is 15.0 Å². The molecule has 0 unspecified atom stereocenters. The highest BCUT2D eigenvalue weighted by molar-refractivity contribution is 6.30. The first-order chi connectivity index (χ1) is 9.70. The molecule has 2 aromatic rings. The summed E-state index contributed by atoms with van der Waals surface area (Å²) in [5, 5.41) is 7.17. The molecule has 5 nitrogen and oxygen atoms in total. The molecule has 104 valence electrons. The summed E-state index contributed by atoms with van der Waals surface area (Å²) in [5.74, 6) is -0.129. The van der Waals surface area contributed by atoms with Crippen molar-refractivity contribution in [1.29, 1.82) is 0 Å². The minimum absolute atomic E-state index is 0.129. The Morgan fingerprint density at radius 2 is 2.35 bits per heavy atom. The lowest BCUT2D eigenvalue weighted by atomic mass is 9.95. The standard InChI is InChI=1S/C14H15ClN4O/c15-13-4-2-9-6-16-12(7-19(9)13)14(20)18-11-5-8-1-3-10(11)17-8/h2,4,6-8,10-11,17H,1,3,5H2,(H,18,20)/t8-,10+,11-/m1/s1. The Hall–Kier alpha value is -1.59. The second-order valence-electron chi connectivity index (χ2n) is 5.59. The van der Waals surface area contributed by atoms with Gasteiger partial charge in [0, 0.05) is 24.3 Å². The van der Waals surface area contributed by atoms with E-state index >= 15 is 0 Å². The van der Waals surface area contributed by atoms with E-state index in [2.05, 4.69) is 15.6 Å². The molecular weight excluding hydrogens is 276 g/mol. The Morgan fingerprint density at radius 3 is 3.10 bits per heavy atom. The van der Waals surface area contributed by atoms with Gasteiger partial charge in [-0.3, -0.25) is 4.79 Å². The third-order valence-corrected chi connectivity index (χ3v) is 4.64. The van der Waals surface area contributed by atoms with Gasteiger partial charge in [-0.25, -0.2) is 4.98 Å². The number of aromatic nitrogens is 2. The molecule has 3 atom stereocenters. The third-order valence-electron chi connectivity index (χ3n) is 4.34. The molecule has 0 radical (unpaired) electrons. The molecule has 0 aromatic carbocycles. The van der Waals surface area contributed by atoms with Crippen LogP contribution < -0.4 is 10.6 Å². The zero-order valence-electron chi connectivity index (χ0n) is 10.8. The van der Waals surface area contributed by atoms with E-state index in [1.165, 1.54) is 6.42 Å². The lowest BCUT2D eigenvalue weighted by Crippen LogP contribution is -2.43. The number of hydrogen-bond donors (Lipinski definition) is 2. The number of carbonyl (C=O) groups is 1. The maximum Gasteiger partial charge on any atom is 0.271 e. The number of carbonyl (C=O) groups excluding carboxylic acids is 1. The number of amides is 1. The van der Waals surface area contributed by atoms with Crippen molar-refractivity contribution in [2.24, 2.45) is 0 Å². The Kier molecular flexibility index (Phi) is 2.72. The van der Waals surface area contributed by atoms with Crippen molar-refractivity contribution in [1.82, 2.24) is 20.0 Å². The maximum atomic E-state index is 12.3. The molecule has 0 aliphatic carbocycles. The number of nitrogens with one attached hydrogen (secondary N) is 2. The van der Waals surface area contributed by atoms with Gasteiger partial charge in [-0.15, -0.1) is 0 Å². The number of nitrogens with zero attached hydrogens (tertiary/aromatic N) is 2. The fourth-order valence-electron chi connectivity index (χ4n) is 3.31. The maximum absolute atomic E-state index is 12.3. The van der Waals surface area contributed by atoms with E-state index < -0.39 is 0 Å². The van der Waals surface area contributed by atoms with Crippen molar-refractivity contribution in [3.8, 4) is 0 Å². The molecular formula is C14H15ClN4O. The van der Waals surface area contributed by atoms with Gasteiger partial charge in [0.1, 0.15) is 10.8 Å². The smallest absolute Gasteiger partial charge is 0.271 e. The van der Waals surface area contributed by atoms with Crippen LogP contribution in [0.25, 0.3) is 5.52 Å². The molecule has 2 N–H and O–H groups in total. The fourth-order valence-corrected chi connectivity index (χ4v) is 3.52. The van der Waals surface area contributed by atoms with E-state index in [1.807, 2.05) is 6.07 Å². The minimum Gasteiger partial charge on any atom is -0.346 e. The second-order valence-corrected chi connectivity index (χ2v) is 5.97. The monoisotopic (exact) mass is 290 g/mol. The number of hydrogen-bond acceptors (Lipinski definition) is 3. The summed E-state index contributed by atoms with van der Waals surface area (Å²) >= 11 is 6.06. The van der Waals surface area contributed by atoms with Crippen molar-refractivity contribution in [2.75, 3.05) is 0 Å². The molecule has 2 bridgehead atoms. The van der Waals surface area contributed by atoms with Gasteiger partial charge in [0.15, 0.2) is 0 Å². The predicted octanol–water partition coefficient (Wildman–Crippen LogP) is 1.61. The number of fused-ring (bicyclic) bond motifs is 3. The molecule has 1 amide bonds. The molecule has 0 spiro atoms. The molecule has 20 heavy (non-hydrogen) atoms. The second kappa shape index (κ2) is 4.46. The van der Waals surface area contributed by atoms with Gasteiger partial charge in [0.05, 0.1) is 11.7 Å². The lowest BCUT2D eigenvalue weighted by molar-refractivity contribution is 0.0925. The summed E-state index contributed by atoms with van der Waals surface area (Å²) in [6.45, 7) is 0. The molecule has 6 heteroatoms. The summed E-state index contributed by atoms with van der Waals surface area (Å²) < 4.78 is 1.77. The van der Waals surface area contributed by atoms with Crippen molar-refractivity contribution in [3.05, 3.63) is 35.4 Å². The third kappa shape index (κ3) is 1.89. The zero-order chi connectivity index (χ0) is 13.7. The lowest BCUT2D eigenvalue weighted by Gasteiger charge is -2.21. The van der Waals surface area contributed by atoms with E-state index in [4.69, 9.17) is 11.6 Å².